The van der Waals surface area contributed by atoms with Crippen LogP contribution in [-0.2, 0) is 11.0 Å². The largest absolute Gasteiger partial charge is 0.416 e. The molecule has 0 spiro atoms. The summed E-state index contributed by atoms with van der Waals surface area (Å²) < 4.78 is 39.1. The molecule has 35 heavy (non-hydrogen) atoms. The number of nitrogens with one attached hydrogen (secondary N) is 2. The van der Waals surface area contributed by atoms with Gasteiger partial charge in [-0.3, -0.25) is 4.79 Å². The predicted molar refractivity (Wildman–Crippen MR) is 129 cm³/mol. The molecule has 4 rings (SSSR count). The first-order chi connectivity index (χ1) is 16.6. The molecule has 3 heterocycles. The standard InChI is InChI=1S/C23H25ClF3N7O/c1-14-10-18(34-8-6-33(7-9-34)15(2)35)12-28-20(14)31-22-29-13-19(24)21(32-22)30-17-5-3-4-16(11-17)23(25,26)27/h3-5,11-14H,6-10H2,1-2H3,(H2,28,29,30,31,32)/t14-/m1/s1. The van der Waals surface area contributed by atoms with Crippen LogP contribution < -0.4 is 10.6 Å². The average Bonchev–Trinajstić information content (AvgIpc) is 2.82. The predicted octanol–water partition coefficient (Wildman–Crippen LogP) is 4.75. The number of aliphatic imine (C=N–C) groups is 1. The molecule has 186 valence electrons. The van der Waals surface area contributed by atoms with Crippen molar-refractivity contribution in [1.82, 2.24) is 19.8 Å². The normalized spacial score (nSPS) is 18.6. The van der Waals surface area contributed by atoms with E-state index < -0.39 is 11.7 Å². The van der Waals surface area contributed by atoms with E-state index in [9.17, 15) is 18.0 Å². The Labute approximate surface area is 205 Å². The SMILES string of the molecule is CC(=O)N1CCN(C2=CN=C(Nc3ncc(Cl)c(Nc4cccc(C(F)(F)F)c4)n3)[C@H](C)C2)CC1. The van der Waals surface area contributed by atoms with E-state index in [1.807, 2.05) is 18.0 Å². The molecule has 1 atom stereocenters. The molecule has 0 saturated carbocycles. The Hall–Kier alpha value is -3.34. The summed E-state index contributed by atoms with van der Waals surface area (Å²) >= 11 is 6.17. The molecule has 2 aromatic rings. The number of allylic oxidation sites excluding steroid dienone is 1. The summed E-state index contributed by atoms with van der Waals surface area (Å²) in [7, 11) is 0. The summed E-state index contributed by atoms with van der Waals surface area (Å²) in [6.45, 7) is 6.52. The number of halogens is 4. The van der Waals surface area contributed by atoms with E-state index in [1.165, 1.54) is 18.3 Å². The average molecular weight is 508 g/mol. The number of aromatic nitrogens is 2. The number of benzene rings is 1. The highest BCUT2D eigenvalue weighted by Crippen LogP contribution is 2.32. The van der Waals surface area contributed by atoms with Crippen molar-refractivity contribution in [2.24, 2.45) is 10.9 Å². The highest BCUT2D eigenvalue weighted by Gasteiger charge is 2.30. The molecule has 1 amide bonds. The van der Waals surface area contributed by atoms with Crippen molar-refractivity contribution >= 4 is 40.8 Å². The highest BCUT2D eigenvalue weighted by atomic mass is 35.5. The fraction of sp³-hybridized carbons (Fsp3) is 0.391. The van der Waals surface area contributed by atoms with E-state index in [-0.39, 0.29) is 34.3 Å². The highest BCUT2D eigenvalue weighted by molar-refractivity contribution is 6.33. The number of amides is 1. The van der Waals surface area contributed by atoms with Gasteiger partial charge in [-0.1, -0.05) is 24.6 Å². The van der Waals surface area contributed by atoms with Gasteiger partial charge in [-0.2, -0.15) is 18.2 Å². The summed E-state index contributed by atoms with van der Waals surface area (Å²) in [5, 5.41) is 6.09. The molecule has 0 bridgehead atoms. The van der Waals surface area contributed by atoms with Gasteiger partial charge in [0.1, 0.15) is 10.9 Å². The number of rotatable bonds is 4. The summed E-state index contributed by atoms with van der Waals surface area (Å²) in [5.74, 6) is 1.21. The number of alkyl halides is 3. The zero-order chi connectivity index (χ0) is 25.2. The Morgan fingerprint density at radius 2 is 1.91 bits per heavy atom. The lowest BCUT2D eigenvalue weighted by molar-refractivity contribution is -0.137. The zero-order valence-corrected chi connectivity index (χ0v) is 20.0. The number of piperazine rings is 1. The van der Waals surface area contributed by atoms with Crippen molar-refractivity contribution < 1.29 is 18.0 Å². The third kappa shape index (κ3) is 6.02. The molecule has 1 aromatic carbocycles. The minimum atomic E-state index is -4.46. The molecule has 0 aliphatic carbocycles. The molecule has 12 heteroatoms. The third-order valence-corrected chi connectivity index (χ3v) is 6.18. The molecule has 2 aliphatic rings. The summed E-state index contributed by atoms with van der Waals surface area (Å²) in [6, 6.07) is 4.78. The molecular weight excluding hydrogens is 483 g/mol. The second-order valence-electron chi connectivity index (χ2n) is 8.45. The smallest absolute Gasteiger partial charge is 0.370 e. The Kier molecular flexibility index (Phi) is 7.15. The van der Waals surface area contributed by atoms with Gasteiger partial charge in [0.15, 0.2) is 5.82 Å². The van der Waals surface area contributed by atoms with Crippen LogP contribution in [0.2, 0.25) is 5.02 Å². The van der Waals surface area contributed by atoms with Crippen molar-refractivity contribution in [1.29, 1.82) is 0 Å². The number of anilines is 3. The molecule has 1 aromatic heterocycles. The Morgan fingerprint density at radius 3 is 2.57 bits per heavy atom. The second-order valence-corrected chi connectivity index (χ2v) is 8.86. The summed E-state index contributed by atoms with van der Waals surface area (Å²) in [5.41, 5.74) is 0.532. The maximum absolute atomic E-state index is 13.0. The van der Waals surface area contributed by atoms with Gasteiger partial charge in [0.2, 0.25) is 11.9 Å². The molecular formula is C23H25ClF3N7O. The first kappa shape index (κ1) is 24.8. The number of nitrogens with zero attached hydrogens (tertiary/aromatic N) is 5. The fourth-order valence-corrected chi connectivity index (χ4v) is 4.09. The number of carbonyl (C=O) groups excluding carboxylic acids is 1. The van der Waals surface area contributed by atoms with Crippen LogP contribution >= 0.6 is 11.6 Å². The van der Waals surface area contributed by atoms with Gasteiger partial charge in [-0.25, -0.2) is 9.98 Å². The number of hydrogen-bond acceptors (Lipinski definition) is 7. The van der Waals surface area contributed by atoms with Crippen molar-refractivity contribution in [3.05, 3.63) is 52.9 Å². The Bertz CT molecular complexity index is 1160. The summed E-state index contributed by atoms with van der Waals surface area (Å²) in [6.07, 6.45) is -0.516. The Balaban J connectivity index is 1.45. The van der Waals surface area contributed by atoms with E-state index in [2.05, 4.69) is 30.5 Å². The van der Waals surface area contributed by atoms with Gasteiger partial charge >= 0.3 is 6.18 Å². The van der Waals surface area contributed by atoms with E-state index in [4.69, 9.17) is 11.6 Å². The minimum absolute atomic E-state index is 0.0555. The summed E-state index contributed by atoms with van der Waals surface area (Å²) in [4.78, 5) is 28.7. The third-order valence-electron chi connectivity index (χ3n) is 5.90. The fourth-order valence-electron chi connectivity index (χ4n) is 3.95. The van der Waals surface area contributed by atoms with Gasteiger partial charge in [0.05, 0.1) is 11.8 Å². The van der Waals surface area contributed by atoms with Gasteiger partial charge in [-0.15, -0.1) is 0 Å². The topological polar surface area (TPSA) is 85.8 Å². The van der Waals surface area contributed by atoms with Crippen molar-refractivity contribution in [2.45, 2.75) is 26.4 Å². The first-order valence-electron chi connectivity index (χ1n) is 11.1. The zero-order valence-electron chi connectivity index (χ0n) is 19.2. The lowest BCUT2D eigenvalue weighted by Gasteiger charge is -2.38. The number of hydrogen-bond donors (Lipinski definition) is 2. The number of amidine groups is 1. The Morgan fingerprint density at radius 1 is 1.17 bits per heavy atom. The van der Waals surface area contributed by atoms with Gasteiger partial charge in [0.25, 0.3) is 0 Å². The molecule has 1 fully saturated rings. The van der Waals surface area contributed by atoms with Gasteiger partial charge in [-0.05, 0) is 24.6 Å². The molecule has 2 aliphatic heterocycles. The van der Waals surface area contributed by atoms with Crippen LogP contribution in [0, 0.1) is 5.92 Å². The van der Waals surface area contributed by atoms with Gasteiger partial charge < -0.3 is 20.4 Å². The van der Waals surface area contributed by atoms with E-state index in [1.54, 1.807) is 6.92 Å². The number of carbonyl (C=O) groups is 1. The molecule has 0 unspecified atom stereocenters. The maximum Gasteiger partial charge on any atom is 0.416 e. The van der Waals surface area contributed by atoms with Crippen LogP contribution in [0.15, 0.2) is 47.4 Å². The first-order valence-corrected chi connectivity index (χ1v) is 11.5. The maximum atomic E-state index is 13.0. The van der Waals surface area contributed by atoms with Crippen LogP contribution in [0.3, 0.4) is 0 Å². The van der Waals surface area contributed by atoms with Crippen LogP contribution in [0.4, 0.5) is 30.6 Å². The van der Waals surface area contributed by atoms with Crippen LogP contribution in [0.5, 0.6) is 0 Å². The molecule has 0 radical (unpaired) electrons. The van der Waals surface area contributed by atoms with E-state index >= 15 is 0 Å². The molecule has 1 saturated heterocycles. The van der Waals surface area contributed by atoms with Crippen molar-refractivity contribution in [3.8, 4) is 0 Å². The quantitative estimate of drug-likeness (QED) is 0.621. The van der Waals surface area contributed by atoms with Crippen LogP contribution in [0.25, 0.3) is 0 Å². The van der Waals surface area contributed by atoms with E-state index in [0.29, 0.717) is 18.9 Å². The minimum Gasteiger partial charge on any atom is -0.370 e. The monoisotopic (exact) mass is 507 g/mol. The molecule has 2 N–H and O–H groups in total. The molecule has 8 nitrogen and oxygen atoms in total. The van der Waals surface area contributed by atoms with Crippen LogP contribution in [0.1, 0.15) is 25.8 Å². The van der Waals surface area contributed by atoms with E-state index in [0.717, 1.165) is 37.3 Å². The van der Waals surface area contributed by atoms with Crippen LogP contribution in [-0.4, -0.2) is 57.7 Å². The van der Waals surface area contributed by atoms with Crippen molar-refractivity contribution in [2.75, 3.05) is 36.8 Å². The van der Waals surface area contributed by atoms with Gasteiger partial charge in [0, 0.05) is 56.6 Å². The lowest BCUT2D eigenvalue weighted by atomic mass is 10.0. The lowest BCUT2D eigenvalue weighted by Crippen LogP contribution is -2.48. The van der Waals surface area contributed by atoms with Crippen molar-refractivity contribution in [3.63, 3.8) is 0 Å². The second kappa shape index (κ2) is 10.1.